The molecular formula is C16H24N2O2S2. The number of carbonyl (C=O) groups is 1. The zero-order valence-electron chi connectivity index (χ0n) is 12.9. The molecule has 122 valence electrons. The zero-order chi connectivity index (χ0) is 15.2. The third-order valence-corrected chi connectivity index (χ3v) is 6.30. The van der Waals surface area contributed by atoms with Crippen LogP contribution in [0.4, 0.5) is 0 Å². The highest BCUT2D eigenvalue weighted by Crippen LogP contribution is 2.32. The van der Waals surface area contributed by atoms with Crippen molar-refractivity contribution in [2.45, 2.75) is 50.7 Å². The lowest BCUT2D eigenvalue weighted by atomic mass is 10.0. The van der Waals surface area contributed by atoms with E-state index in [1.165, 1.54) is 19.3 Å². The molecule has 0 radical (unpaired) electrons. The van der Waals surface area contributed by atoms with E-state index in [1.54, 1.807) is 23.1 Å². The maximum Gasteiger partial charge on any atom is 0.233 e. The van der Waals surface area contributed by atoms with Gasteiger partial charge in [-0.3, -0.25) is 4.79 Å². The molecule has 1 aromatic rings. The van der Waals surface area contributed by atoms with Gasteiger partial charge in [-0.1, -0.05) is 0 Å². The van der Waals surface area contributed by atoms with Crippen LogP contribution < -0.4 is 0 Å². The van der Waals surface area contributed by atoms with Crippen LogP contribution in [0.25, 0.3) is 0 Å². The smallest absolute Gasteiger partial charge is 0.233 e. The molecular weight excluding hydrogens is 316 g/mol. The highest BCUT2D eigenvalue weighted by atomic mass is 32.2. The first-order valence-corrected chi connectivity index (χ1v) is 10.3. The van der Waals surface area contributed by atoms with Crippen LogP contribution in [0.3, 0.4) is 0 Å². The summed E-state index contributed by atoms with van der Waals surface area (Å²) in [7, 11) is 0. The molecule has 0 aliphatic carbocycles. The molecule has 2 aliphatic heterocycles. The lowest BCUT2D eigenvalue weighted by molar-refractivity contribution is -0.132. The molecule has 0 unspecified atom stereocenters. The van der Waals surface area contributed by atoms with Gasteiger partial charge in [0.05, 0.1) is 17.9 Å². The number of hydrogen-bond donors (Lipinski definition) is 0. The number of aromatic nitrogens is 1. The summed E-state index contributed by atoms with van der Waals surface area (Å²) in [6, 6.07) is 0.202. The van der Waals surface area contributed by atoms with Gasteiger partial charge in [0.25, 0.3) is 0 Å². The van der Waals surface area contributed by atoms with Crippen LogP contribution in [0.1, 0.15) is 49.6 Å². The Morgan fingerprint density at radius 3 is 3.05 bits per heavy atom. The van der Waals surface area contributed by atoms with Crippen LogP contribution >= 0.6 is 23.1 Å². The standard InChI is InChI=1S/C16H24N2O2S2/c19-15(12-21-11-13-5-2-4-9-20-13)18-8-3-1-6-14(18)16-17-7-10-22-16/h7,10,13-14H,1-6,8-9,11-12H2/t13-,14-/m0/s1. The Hall–Kier alpha value is -0.590. The van der Waals surface area contributed by atoms with Gasteiger partial charge >= 0.3 is 0 Å². The average Bonchev–Trinajstić information content (AvgIpc) is 3.10. The van der Waals surface area contributed by atoms with E-state index < -0.39 is 0 Å². The number of ether oxygens (including phenoxy) is 1. The minimum atomic E-state index is 0.202. The van der Waals surface area contributed by atoms with Crippen molar-refractivity contribution in [1.82, 2.24) is 9.88 Å². The van der Waals surface area contributed by atoms with Crippen molar-refractivity contribution in [2.75, 3.05) is 24.7 Å². The van der Waals surface area contributed by atoms with Crippen molar-refractivity contribution >= 4 is 29.0 Å². The van der Waals surface area contributed by atoms with Gasteiger partial charge < -0.3 is 9.64 Å². The lowest BCUT2D eigenvalue weighted by Crippen LogP contribution is -2.39. The molecule has 0 aromatic carbocycles. The fourth-order valence-corrected chi connectivity index (χ4v) is 4.95. The predicted octanol–water partition coefficient (Wildman–Crippen LogP) is 3.50. The summed E-state index contributed by atoms with van der Waals surface area (Å²) in [5.41, 5.74) is 0. The Morgan fingerprint density at radius 2 is 2.27 bits per heavy atom. The number of carbonyl (C=O) groups excluding carboxylic acids is 1. The average molecular weight is 341 g/mol. The van der Waals surface area contributed by atoms with Gasteiger partial charge in [-0.25, -0.2) is 4.98 Å². The highest BCUT2D eigenvalue weighted by Gasteiger charge is 2.29. The van der Waals surface area contributed by atoms with E-state index in [9.17, 15) is 4.79 Å². The molecule has 4 nitrogen and oxygen atoms in total. The van der Waals surface area contributed by atoms with Crippen molar-refractivity contribution < 1.29 is 9.53 Å². The molecule has 0 bridgehead atoms. The number of thioether (sulfide) groups is 1. The first-order chi connectivity index (χ1) is 10.8. The topological polar surface area (TPSA) is 42.4 Å². The summed E-state index contributed by atoms with van der Waals surface area (Å²) >= 11 is 3.39. The van der Waals surface area contributed by atoms with Crippen molar-refractivity contribution in [1.29, 1.82) is 0 Å². The Kier molecular flexibility index (Phi) is 6.15. The molecule has 0 N–H and O–H groups in total. The van der Waals surface area contributed by atoms with Crippen LogP contribution in [-0.2, 0) is 9.53 Å². The van der Waals surface area contributed by atoms with E-state index >= 15 is 0 Å². The summed E-state index contributed by atoms with van der Waals surface area (Å²) < 4.78 is 5.73. The van der Waals surface area contributed by atoms with Crippen molar-refractivity contribution in [3.8, 4) is 0 Å². The largest absolute Gasteiger partial charge is 0.377 e. The lowest BCUT2D eigenvalue weighted by Gasteiger charge is -2.34. The normalized spacial score (nSPS) is 26.1. The van der Waals surface area contributed by atoms with Crippen LogP contribution in [0.15, 0.2) is 11.6 Å². The van der Waals surface area contributed by atoms with Gasteiger partial charge in [-0.2, -0.15) is 0 Å². The van der Waals surface area contributed by atoms with E-state index in [-0.39, 0.29) is 11.9 Å². The minimum absolute atomic E-state index is 0.202. The number of thiazole rings is 1. The van der Waals surface area contributed by atoms with Gasteiger partial charge in [-0.05, 0) is 38.5 Å². The molecule has 2 atom stereocenters. The molecule has 2 aliphatic rings. The summed E-state index contributed by atoms with van der Waals surface area (Å²) in [5, 5.41) is 3.09. The van der Waals surface area contributed by atoms with Gasteiger partial charge in [-0.15, -0.1) is 23.1 Å². The minimum Gasteiger partial charge on any atom is -0.377 e. The molecule has 2 fully saturated rings. The number of rotatable bonds is 5. The van der Waals surface area contributed by atoms with Crippen molar-refractivity contribution in [3.05, 3.63) is 16.6 Å². The quantitative estimate of drug-likeness (QED) is 0.823. The first kappa shape index (κ1) is 16.3. The second-order valence-electron chi connectivity index (χ2n) is 5.97. The maximum atomic E-state index is 12.6. The molecule has 2 saturated heterocycles. The number of hydrogen-bond acceptors (Lipinski definition) is 5. The summed E-state index contributed by atoms with van der Waals surface area (Å²) in [6.45, 7) is 1.76. The van der Waals surface area contributed by atoms with Crippen LogP contribution in [0.2, 0.25) is 0 Å². The second-order valence-corrected chi connectivity index (χ2v) is 7.93. The summed E-state index contributed by atoms with van der Waals surface area (Å²) in [4.78, 5) is 19.1. The number of amides is 1. The van der Waals surface area contributed by atoms with Crippen molar-refractivity contribution in [2.24, 2.45) is 0 Å². The van der Waals surface area contributed by atoms with Crippen LogP contribution in [0, 0.1) is 0 Å². The van der Waals surface area contributed by atoms with Crippen LogP contribution in [0.5, 0.6) is 0 Å². The molecule has 6 heteroatoms. The molecule has 1 aromatic heterocycles. The molecule has 1 amide bonds. The Bertz CT molecular complexity index is 461. The maximum absolute atomic E-state index is 12.6. The highest BCUT2D eigenvalue weighted by molar-refractivity contribution is 7.99. The van der Waals surface area contributed by atoms with Crippen LogP contribution in [-0.4, -0.2) is 46.6 Å². The van der Waals surface area contributed by atoms with E-state index in [0.717, 1.165) is 43.2 Å². The molecule has 0 saturated carbocycles. The van der Waals surface area contributed by atoms with E-state index in [4.69, 9.17) is 4.74 Å². The first-order valence-electron chi connectivity index (χ1n) is 8.23. The number of piperidine rings is 1. The van der Waals surface area contributed by atoms with E-state index in [0.29, 0.717) is 11.9 Å². The Labute approximate surface area is 140 Å². The Balaban J connectivity index is 1.49. The van der Waals surface area contributed by atoms with Gasteiger partial charge in [0.2, 0.25) is 5.91 Å². The van der Waals surface area contributed by atoms with E-state index in [2.05, 4.69) is 9.88 Å². The van der Waals surface area contributed by atoms with Crippen molar-refractivity contribution in [3.63, 3.8) is 0 Å². The van der Waals surface area contributed by atoms with Gasteiger partial charge in [0.15, 0.2) is 0 Å². The molecule has 22 heavy (non-hydrogen) atoms. The monoisotopic (exact) mass is 340 g/mol. The third kappa shape index (κ3) is 4.24. The fraction of sp³-hybridized carbons (Fsp3) is 0.750. The summed E-state index contributed by atoms with van der Waals surface area (Å²) in [5.74, 6) is 1.78. The second kappa shape index (κ2) is 8.31. The third-order valence-electron chi connectivity index (χ3n) is 4.36. The number of nitrogens with zero attached hydrogens (tertiary/aromatic N) is 2. The van der Waals surface area contributed by atoms with Gasteiger partial charge in [0.1, 0.15) is 5.01 Å². The summed E-state index contributed by atoms with van der Waals surface area (Å²) in [6.07, 6.45) is 9.14. The molecule has 3 rings (SSSR count). The van der Waals surface area contributed by atoms with Gasteiger partial charge in [0, 0.05) is 30.5 Å². The molecule has 3 heterocycles. The van der Waals surface area contributed by atoms with E-state index in [1.807, 2.05) is 11.6 Å². The Morgan fingerprint density at radius 1 is 1.36 bits per heavy atom. The number of likely N-dealkylation sites (tertiary alicyclic amines) is 1. The fourth-order valence-electron chi connectivity index (χ4n) is 3.19. The zero-order valence-corrected chi connectivity index (χ0v) is 14.5. The SMILES string of the molecule is O=C(CSC[C@@H]1CCCCO1)N1CCCC[C@H]1c1nccs1. The molecule has 0 spiro atoms. The predicted molar refractivity (Wildman–Crippen MR) is 91.3 cm³/mol.